The predicted molar refractivity (Wildman–Crippen MR) is 66.4 cm³/mol. The maximum atomic E-state index is 6.19. The lowest BCUT2D eigenvalue weighted by Crippen LogP contribution is -2.52. The summed E-state index contributed by atoms with van der Waals surface area (Å²) >= 11 is 0. The van der Waals surface area contributed by atoms with Crippen LogP contribution in [0.15, 0.2) is 12.2 Å². The normalized spacial score (nSPS) is 32.4. The first-order valence-electron chi connectivity index (χ1n) is 6.42. The molecule has 0 aromatic carbocycles. The quantitative estimate of drug-likeness (QED) is 0.736. The minimum atomic E-state index is 0.165. The van der Waals surface area contributed by atoms with E-state index < -0.39 is 0 Å². The molecule has 2 aliphatic rings. The van der Waals surface area contributed by atoms with Crippen molar-refractivity contribution < 1.29 is 4.74 Å². The number of ether oxygens (including phenoxy) is 1. The number of hydrogen-bond acceptors (Lipinski definition) is 3. The van der Waals surface area contributed by atoms with Gasteiger partial charge in [0, 0.05) is 18.6 Å². The monoisotopic (exact) mass is 224 g/mol. The Kier molecular flexibility index (Phi) is 4.00. The van der Waals surface area contributed by atoms with Gasteiger partial charge >= 0.3 is 0 Å². The Morgan fingerprint density at radius 1 is 1.62 bits per heavy atom. The fourth-order valence-electron chi connectivity index (χ4n) is 2.70. The zero-order valence-corrected chi connectivity index (χ0v) is 10.3. The van der Waals surface area contributed by atoms with Gasteiger partial charge in [0.15, 0.2) is 0 Å². The number of nitrogens with two attached hydrogens (primary N) is 1. The Hall–Kier alpha value is -0.380. The number of nitrogens with zero attached hydrogens (tertiary/aromatic N) is 1. The van der Waals surface area contributed by atoms with Crippen LogP contribution in [0.4, 0.5) is 0 Å². The summed E-state index contributed by atoms with van der Waals surface area (Å²) in [6.07, 6.45) is 4.87. The van der Waals surface area contributed by atoms with Crippen molar-refractivity contribution in [3.63, 3.8) is 0 Å². The van der Waals surface area contributed by atoms with Crippen LogP contribution in [0.2, 0.25) is 0 Å². The summed E-state index contributed by atoms with van der Waals surface area (Å²) in [6.45, 7) is 9.12. The first-order chi connectivity index (χ1) is 7.66. The van der Waals surface area contributed by atoms with Crippen molar-refractivity contribution in [2.45, 2.75) is 50.8 Å². The molecule has 3 atom stereocenters. The Labute approximate surface area is 98.6 Å². The Morgan fingerprint density at radius 3 is 3.19 bits per heavy atom. The third-order valence-corrected chi connectivity index (χ3v) is 3.80. The van der Waals surface area contributed by atoms with E-state index in [0.717, 1.165) is 26.0 Å². The third-order valence-electron chi connectivity index (χ3n) is 3.80. The highest BCUT2D eigenvalue weighted by Crippen LogP contribution is 2.24. The van der Waals surface area contributed by atoms with Crippen LogP contribution in [0.25, 0.3) is 0 Å². The summed E-state index contributed by atoms with van der Waals surface area (Å²) in [5.74, 6) is 0. The summed E-state index contributed by atoms with van der Waals surface area (Å²) in [4.78, 5) is 2.55. The molecule has 2 fully saturated rings. The van der Waals surface area contributed by atoms with Crippen LogP contribution < -0.4 is 5.73 Å². The van der Waals surface area contributed by atoms with E-state index >= 15 is 0 Å². The molecule has 0 saturated carbocycles. The Morgan fingerprint density at radius 2 is 2.44 bits per heavy atom. The summed E-state index contributed by atoms with van der Waals surface area (Å²) in [5, 5.41) is 0. The molecular formula is C13H24N2O. The van der Waals surface area contributed by atoms with E-state index in [9.17, 15) is 0 Å². The summed E-state index contributed by atoms with van der Waals surface area (Å²) < 4.78 is 5.89. The fourth-order valence-corrected chi connectivity index (χ4v) is 2.70. The number of morpholine rings is 1. The second kappa shape index (κ2) is 5.30. The van der Waals surface area contributed by atoms with Crippen molar-refractivity contribution >= 4 is 0 Å². The van der Waals surface area contributed by atoms with Crippen molar-refractivity contribution in [3.05, 3.63) is 12.2 Å². The fraction of sp³-hybridized carbons (Fsp3) is 0.846. The van der Waals surface area contributed by atoms with Crippen molar-refractivity contribution in [2.24, 2.45) is 5.73 Å². The molecule has 2 heterocycles. The molecule has 0 aliphatic carbocycles. The summed E-state index contributed by atoms with van der Waals surface area (Å²) in [6, 6.07) is 0.836. The molecular weight excluding hydrogens is 200 g/mol. The first kappa shape index (κ1) is 12.1. The van der Waals surface area contributed by atoms with E-state index in [-0.39, 0.29) is 12.1 Å². The third kappa shape index (κ3) is 2.84. The number of allylic oxidation sites excluding steroid dienone is 1. The number of rotatable bonds is 4. The minimum absolute atomic E-state index is 0.165. The molecule has 2 rings (SSSR count). The predicted octanol–water partition coefficient (Wildman–Crippen LogP) is 1.53. The van der Waals surface area contributed by atoms with Crippen LogP contribution in [-0.2, 0) is 4.74 Å². The molecule has 2 aliphatic heterocycles. The highest BCUT2D eigenvalue weighted by atomic mass is 16.5. The zero-order chi connectivity index (χ0) is 11.5. The molecule has 3 heteroatoms. The van der Waals surface area contributed by atoms with Gasteiger partial charge in [-0.05, 0) is 39.2 Å². The topological polar surface area (TPSA) is 38.5 Å². The largest absolute Gasteiger partial charge is 0.374 e. The lowest BCUT2D eigenvalue weighted by atomic mass is 10.0. The molecule has 16 heavy (non-hydrogen) atoms. The van der Waals surface area contributed by atoms with E-state index in [1.165, 1.54) is 25.0 Å². The lowest BCUT2D eigenvalue weighted by Gasteiger charge is -2.37. The van der Waals surface area contributed by atoms with Crippen LogP contribution in [-0.4, -0.2) is 42.8 Å². The maximum absolute atomic E-state index is 6.19. The smallest absolute Gasteiger partial charge is 0.0853 e. The molecule has 2 N–H and O–H groups in total. The van der Waals surface area contributed by atoms with Gasteiger partial charge in [0.25, 0.3) is 0 Å². The SMILES string of the molecule is C=C(C)CCC(N)C1CN2CCCC2CO1. The van der Waals surface area contributed by atoms with E-state index in [2.05, 4.69) is 18.4 Å². The Balaban J connectivity index is 1.79. The molecule has 92 valence electrons. The molecule has 3 nitrogen and oxygen atoms in total. The van der Waals surface area contributed by atoms with Gasteiger partial charge in [-0.2, -0.15) is 0 Å². The van der Waals surface area contributed by atoms with Gasteiger partial charge in [-0.15, -0.1) is 6.58 Å². The standard InChI is InChI=1S/C13H24N2O/c1-10(2)5-6-12(14)13-8-15-7-3-4-11(15)9-16-13/h11-13H,1,3-9,14H2,2H3. The van der Waals surface area contributed by atoms with Crippen LogP contribution in [0.3, 0.4) is 0 Å². The number of fused-ring (bicyclic) bond motifs is 1. The van der Waals surface area contributed by atoms with Gasteiger partial charge in [0.05, 0.1) is 12.7 Å². The molecule has 0 aromatic rings. The van der Waals surface area contributed by atoms with Gasteiger partial charge in [-0.3, -0.25) is 4.90 Å². The molecule has 0 bridgehead atoms. The van der Waals surface area contributed by atoms with E-state index in [4.69, 9.17) is 10.5 Å². The van der Waals surface area contributed by atoms with Crippen molar-refractivity contribution in [2.75, 3.05) is 19.7 Å². The van der Waals surface area contributed by atoms with Crippen molar-refractivity contribution in [1.29, 1.82) is 0 Å². The maximum Gasteiger partial charge on any atom is 0.0853 e. The van der Waals surface area contributed by atoms with Crippen LogP contribution in [0.5, 0.6) is 0 Å². The average molecular weight is 224 g/mol. The van der Waals surface area contributed by atoms with E-state index in [1.807, 2.05) is 0 Å². The second-order valence-electron chi connectivity index (χ2n) is 5.32. The Bertz CT molecular complexity index is 254. The van der Waals surface area contributed by atoms with Gasteiger partial charge in [0.2, 0.25) is 0 Å². The van der Waals surface area contributed by atoms with Gasteiger partial charge in [0.1, 0.15) is 0 Å². The summed E-state index contributed by atoms with van der Waals surface area (Å²) in [7, 11) is 0. The van der Waals surface area contributed by atoms with Crippen LogP contribution in [0, 0.1) is 0 Å². The van der Waals surface area contributed by atoms with Gasteiger partial charge in [-0.1, -0.05) is 5.57 Å². The number of hydrogen-bond donors (Lipinski definition) is 1. The zero-order valence-electron chi connectivity index (χ0n) is 10.3. The highest BCUT2D eigenvalue weighted by Gasteiger charge is 2.34. The molecule has 2 saturated heterocycles. The molecule has 3 unspecified atom stereocenters. The van der Waals surface area contributed by atoms with Gasteiger partial charge in [-0.25, -0.2) is 0 Å². The summed E-state index contributed by atoms with van der Waals surface area (Å²) in [5.41, 5.74) is 7.40. The van der Waals surface area contributed by atoms with Crippen LogP contribution >= 0.6 is 0 Å². The molecule has 0 spiro atoms. The van der Waals surface area contributed by atoms with Crippen LogP contribution in [0.1, 0.15) is 32.6 Å². The van der Waals surface area contributed by atoms with E-state index in [0.29, 0.717) is 6.04 Å². The van der Waals surface area contributed by atoms with Gasteiger partial charge < -0.3 is 10.5 Å². The lowest BCUT2D eigenvalue weighted by molar-refractivity contribution is -0.0599. The second-order valence-corrected chi connectivity index (χ2v) is 5.32. The van der Waals surface area contributed by atoms with E-state index in [1.54, 1.807) is 0 Å². The minimum Gasteiger partial charge on any atom is -0.374 e. The van der Waals surface area contributed by atoms with Crippen molar-refractivity contribution in [3.8, 4) is 0 Å². The average Bonchev–Trinajstić information content (AvgIpc) is 2.72. The highest BCUT2D eigenvalue weighted by molar-refractivity contribution is 4.93. The first-order valence-corrected chi connectivity index (χ1v) is 6.42. The molecule has 0 amide bonds. The molecule has 0 radical (unpaired) electrons. The van der Waals surface area contributed by atoms with Crippen molar-refractivity contribution in [1.82, 2.24) is 4.90 Å². The molecule has 0 aromatic heterocycles.